The number of aliphatic hydroxyl groups excluding tert-OH is 1. The standard InChI is InChI=1S/C16H26N2O3/c1-3-12(4-2)14-9-15(21-18-14)16(20)17-13-7-5-11(10-19)6-8-13/h9,11-13,19H,3-8,10H2,1-2H3,(H,17,20). The zero-order chi connectivity index (χ0) is 15.2. The van der Waals surface area contributed by atoms with Crippen LogP contribution in [0.3, 0.4) is 0 Å². The second-order valence-corrected chi connectivity index (χ2v) is 6.00. The minimum absolute atomic E-state index is 0.174. The molecule has 1 amide bonds. The lowest BCUT2D eigenvalue weighted by molar-refractivity contribution is 0.0876. The Bertz CT molecular complexity index is 446. The quantitative estimate of drug-likeness (QED) is 0.846. The van der Waals surface area contributed by atoms with Crippen LogP contribution in [0.5, 0.6) is 0 Å². The van der Waals surface area contributed by atoms with Gasteiger partial charge in [0.1, 0.15) is 0 Å². The number of nitrogens with zero attached hydrogens (tertiary/aromatic N) is 1. The number of aromatic nitrogens is 1. The van der Waals surface area contributed by atoms with Crippen LogP contribution >= 0.6 is 0 Å². The average molecular weight is 294 g/mol. The maximum atomic E-state index is 12.2. The largest absolute Gasteiger partial charge is 0.396 e. The Balaban J connectivity index is 1.89. The van der Waals surface area contributed by atoms with Crippen molar-refractivity contribution in [3.8, 4) is 0 Å². The van der Waals surface area contributed by atoms with E-state index in [2.05, 4.69) is 24.3 Å². The van der Waals surface area contributed by atoms with Crippen LogP contribution in [0.2, 0.25) is 0 Å². The first-order valence-corrected chi connectivity index (χ1v) is 8.06. The van der Waals surface area contributed by atoms with Crippen molar-refractivity contribution < 1.29 is 14.4 Å². The average Bonchev–Trinajstić information content (AvgIpc) is 2.99. The summed E-state index contributed by atoms with van der Waals surface area (Å²) in [6.07, 6.45) is 5.77. The summed E-state index contributed by atoms with van der Waals surface area (Å²) in [5.41, 5.74) is 0.870. The van der Waals surface area contributed by atoms with Crippen molar-refractivity contribution in [2.75, 3.05) is 6.61 Å². The van der Waals surface area contributed by atoms with Gasteiger partial charge < -0.3 is 14.9 Å². The van der Waals surface area contributed by atoms with Crippen LogP contribution < -0.4 is 5.32 Å². The van der Waals surface area contributed by atoms with Gasteiger partial charge in [-0.05, 0) is 44.4 Å². The smallest absolute Gasteiger partial charge is 0.290 e. The van der Waals surface area contributed by atoms with E-state index in [0.29, 0.717) is 17.6 Å². The molecule has 1 aromatic heterocycles. The van der Waals surface area contributed by atoms with Crippen molar-refractivity contribution in [3.63, 3.8) is 0 Å². The molecule has 1 aliphatic carbocycles. The van der Waals surface area contributed by atoms with E-state index in [1.807, 2.05) is 0 Å². The highest BCUT2D eigenvalue weighted by Gasteiger charge is 2.24. The molecule has 0 aliphatic heterocycles. The summed E-state index contributed by atoms with van der Waals surface area (Å²) < 4.78 is 5.19. The predicted molar refractivity (Wildman–Crippen MR) is 80.1 cm³/mol. The molecule has 0 aromatic carbocycles. The second kappa shape index (κ2) is 7.59. The Morgan fingerprint density at radius 1 is 1.38 bits per heavy atom. The number of nitrogens with one attached hydrogen (secondary N) is 1. The van der Waals surface area contributed by atoms with Crippen LogP contribution in [0.1, 0.15) is 74.5 Å². The summed E-state index contributed by atoms with van der Waals surface area (Å²) >= 11 is 0. The molecular formula is C16H26N2O3. The highest BCUT2D eigenvalue weighted by Crippen LogP contribution is 2.25. The molecule has 0 bridgehead atoms. The van der Waals surface area contributed by atoms with Crippen molar-refractivity contribution >= 4 is 5.91 Å². The van der Waals surface area contributed by atoms with Crippen LogP contribution in [0.4, 0.5) is 0 Å². The molecule has 1 fully saturated rings. The third-order valence-electron chi connectivity index (χ3n) is 4.60. The topological polar surface area (TPSA) is 75.4 Å². The van der Waals surface area contributed by atoms with Gasteiger partial charge in [-0.1, -0.05) is 19.0 Å². The lowest BCUT2D eigenvalue weighted by atomic mass is 9.86. The highest BCUT2D eigenvalue weighted by molar-refractivity contribution is 5.91. The van der Waals surface area contributed by atoms with Crippen LogP contribution in [0.25, 0.3) is 0 Å². The van der Waals surface area contributed by atoms with Crippen LogP contribution in [0, 0.1) is 5.92 Å². The van der Waals surface area contributed by atoms with Gasteiger partial charge >= 0.3 is 0 Å². The molecule has 0 saturated heterocycles. The molecule has 5 heteroatoms. The molecule has 0 unspecified atom stereocenters. The van der Waals surface area contributed by atoms with Crippen molar-refractivity contribution in [2.45, 2.75) is 64.3 Å². The third-order valence-corrected chi connectivity index (χ3v) is 4.60. The minimum atomic E-state index is -0.174. The summed E-state index contributed by atoms with van der Waals surface area (Å²) in [5.74, 6) is 0.883. The number of aliphatic hydroxyl groups is 1. The van der Waals surface area contributed by atoms with Crippen molar-refractivity contribution in [1.82, 2.24) is 10.5 Å². The van der Waals surface area contributed by atoms with Crippen molar-refractivity contribution in [1.29, 1.82) is 0 Å². The first kappa shape index (κ1) is 16.0. The first-order chi connectivity index (χ1) is 10.2. The summed E-state index contributed by atoms with van der Waals surface area (Å²) in [6.45, 7) is 4.48. The summed E-state index contributed by atoms with van der Waals surface area (Å²) in [5, 5.41) is 16.2. The van der Waals surface area contributed by atoms with E-state index in [9.17, 15) is 4.79 Å². The van der Waals surface area contributed by atoms with Crippen LogP contribution in [-0.4, -0.2) is 28.8 Å². The molecule has 0 spiro atoms. The molecular weight excluding hydrogens is 268 g/mol. The van der Waals surface area contributed by atoms with Gasteiger partial charge in [0, 0.05) is 24.6 Å². The van der Waals surface area contributed by atoms with Gasteiger partial charge in [-0.15, -0.1) is 0 Å². The Morgan fingerprint density at radius 3 is 2.62 bits per heavy atom. The zero-order valence-electron chi connectivity index (χ0n) is 13.0. The number of amides is 1. The van der Waals surface area contributed by atoms with E-state index in [4.69, 9.17) is 9.63 Å². The zero-order valence-corrected chi connectivity index (χ0v) is 13.0. The van der Waals surface area contributed by atoms with Crippen molar-refractivity contribution in [3.05, 3.63) is 17.5 Å². The van der Waals surface area contributed by atoms with Gasteiger partial charge in [-0.3, -0.25) is 4.79 Å². The van der Waals surface area contributed by atoms with Crippen molar-refractivity contribution in [2.24, 2.45) is 5.92 Å². The third kappa shape index (κ3) is 4.06. The van der Waals surface area contributed by atoms with Gasteiger partial charge in [0.25, 0.3) is 5.91 Å². The van der Waals surface area contributed by atoms with E-state index in [-0.39, 0.29) is 18.6 Å². The Labute approximate surface area is 126 Å². The first-order valence-electron chi connectivity index (χ1n) is 8.06. The molecule has 1 saturated carbocycles. The van der Waals surface area contributed by atoms with Crippen LogP contribution in [0.15, 0.2) is 10.6 Å². The number of carbonyl (C=O) groups excluding carboxylic acids is 1. The summed E-state index contributed by atoms with van der Waals surface area (Å²) in [4.78, 5) is 12.2. The lowest BCUT2D eigenvalue weighted by Crippen LogP contribution is -2.37. The number of carbonyl (C=O) groups is 1. The Morgan fingerprint density at radius 2 is 2.05 bits per heavy atom. The van der Waals surface area contributed by atoms with Crippen LogP contribution in [-0.2, 0) is 0 Å². The molecule has 2 N–H and O–H groups in total. The maximum absolute atomic E-state index is 12.2. The minimum Gasteiger partial charge on any atom is -0.396 e. The second-order valence-electron chi connectivity index (χ2n) is 6.00. The Kier molecular flexibility index (Phi) is 5.79. The fourth-order valence-electron chi connectivity index (χ4n) is 3.04. The van der Waals surface area contributed by atoms with E-state index >= 15 is 0 Å². The Hall–Kier alpha value is -1.36. The van der Waals surface area contributed by atoms with Gasteiger partial charge in [-0.25, -0.2) is 0 Å². The van der Waals surface area contributed by atoms with Gasteiger partial charge in [0.15, 0.2) is 0 Å². The van der Waals surface area contributed by atoms with E-state index in [1.165, 1.54) is 0 Å². The monoisotopic (exact) mass is 294 g/mol. The van der Waals surface area contributed by atoms with E-state index < -0.39 is 0 Å². The molecule has 21 heavy (non-hydrogen) atoms. The predicted octanol–water partition coefficient (Wildman–Crippen LogP) is 2.86. The van der Waals surface area contributed by atoms with Gasteiger partial charge in [0.05, 0.1) is 5.69 Å². The number of rotatable bonds is 6. The number of hydrogen-bond acceptors (Lipinski definition) is 4. The molecule has 2 rings (SSSR count). The summed E-state index contributed by atoms with van der Waals surface area (Å²) in [7, 11) is 0. The molecule has 0 atom stereocenters. The summed E-state index contributed by atoms with van der Waals surface area (Å²) in [6, 6.07) is 1.95. The van der Waals surface area contributed by atoms with Gasteiger partial charge in [0.2, 0.25) is 5.76 Å². The lowest BCUT2D eigenvalue weighted by Gasteiger charge is -2.27. The molecule has 0 radical (unpaired) electrons. The maximum Gasteiger partial charge on any atom is 0.290 e. The fourth-order valence-corrected chi connectivity index (χ4v) is 3.04. The normalized spacial score (nSPS) is 22.5. The van der Waals surface area contributed by atoms with Gasteiger partial charge in [-0.2, -0.15) is 0 Å². The SMILES string of the molecule is CCC(CC)c1cc(C(=O)NC2CCC(CO)CC2)on1. The molecule has 1 aliphatic rings. The molecule has 5 nitrogen and oxygen atoms in total. The van der Waals surface area contributed by atoms with E-state index in [0.717, 1.165) is 44.2 Å². The molecule has 1 heterocycles. The molecule has 118 valence electrons. The molecule has 1 aromatic rings. The number of hydrogen-bond donors (Lipinski definition) is 2. The highest BCUT2D eigenvalue weighted by atomic mass is 16.5. The van der Waals surface area contributed by atoms with E-state index in [1.54, 1.807) is 6.07 Å². The fraction of sp³-hybridized carbons (Fsp3) is 0.750.